The highest BCUT2D eigenvalue weighted by Crippen LogP contribution is 2.14. The van der Waals surface area contributed by atoms with E-state index in [-0.39, 0.29) is 10.9 Å². The molecule has 0 atom stereocenters. The van der Waals surface area contributed by atoms with E-state index in [1.54, 1.807) is 13.8 Å². The molecule has 3 N–H and O–H groups in total. The van der Waals surface area contributed by atoms with E-state index in [0.29, 0.717) is 18.8 Å². The average Bonchev–Trinajstić information content (AvgIpc) is 2.70. The summed E-state index contributed by atoms with van der Waals surface area (Å²) in [6.45, 7) is 3.78. The molecule has 1 aromatic rings. The Labute approximate surface area is 98.6 Å². The smallest absolute Gasteiger partial charge is 0.232 e. The van der Waals surface area contributed by atoms with Crippen LogP contribution in [0.4, 0.5) is 0 Å². The van der Waals surface area contributed by atoms with Crippen LogP contribution in [0, 0.1) is 5.41 Å². The quantitative estimate of drug-likeness (QED) is 0.708. The highest BCUT2D eigenvalue weighted by molar-refractivity contribution is 7.80. The minimum Gasteiger partial charge on any atom is -0.392 e. The first-order valence-electron chi connectivity index (χ1n) is 4.78. The molecule has 6 nitrogen and oxygen atoms in total. The normalized spacial score (nSPS) is 11.1. The summed E-state index contributed by atoms with van der Waals surface area (Å²) in [5, 5.41) is 6.34. The van der Waals surface area contributed by atoms with Gasteiger partial charge in [0.05, 0.1) is 10.4 Å². The molecule has 0 aliphatic heterocycles. The van der Waals surface area contributed by atoms with Crippen LogP contribution >= 0.6 is 12.2 Å². The molecule has 0 aliphatic carbocycles. The van der Waals surface area contributed by atoms with Gasteiger partial charge in [0.1, 0.15) is 0 Å². The number of nitrogens with one attached hydrogen (secondary N) is 1. The molecule has 0 radical (unpaired) electrons. The molecule has 1 aromatic heterocycles. The lowest BCUT2D eigenvalue weighted by Gasteiger charge is -2.21. The second-order valence-corrected chi connectivity index (χ2v) is 4.28. The van der Waals surface area contributed by atoms with Crippen molar-refractivity contribution < 1.29 is 9.32 Å². The number of amides is 1. The number of thiocarbonyl (C=S) groups is 1. The van der Waals surface area contributed by atoms with Crippen LogP contribution in [0.5, 0.6) is 0 Å². The summed E-state index contributed by atoms with van der Waals surface area (Å²) >= 11 is 4.82. The summed E-state index contributed by atoms with van der Waals surface area (Å²) in [6.07, 6.45) is 1.76. The molecule has 0 aliphatic rings. The van der Waals surface area contributed by atoms with Crippen molar-refractivity contribution in [2.75, 3.05) is 6.54 Å². The van der Waals surface area contributed by atoms with Gasteiger partial charge in [-0.15, -0.1) is 0 Å². The number of hydrogen-bond acceptors (Lipinski definition) is 5. The minimum atomic E-state index is -0.841. The Kier molecular flexibility index (Phi) is 3.94. The lowest BCUT2D eigenvalue weighted by atomic mass is 9.92. The first-order chi connectivity index (χ1) is 7.44. The lowest BCUT2D eigenvalue weighted by molar-refractivity contribution is -0.126. The number of carbonyl (C=O) groups is 1. The molecule has 1 amide bonds. The van der Waals surface area contributed by atoms with Gasteiger partial charge in [-0.25, -0.2) is 0 Å². The van der Waals surface area contributed by atoms with E-state index < -0.39 is 5.41 Å². The number of hydrogen-bond donors (Lipinski definition) is 2. The number of nitrogens with two attached hydrogens (primary N) is 1. The summed E-state index contributed by atoms with van der Waals surface area (Å²) in [6, 6.07) is 0. The SMILES string of the molecule is CC(C)(C(=O)NCCc1ncon1)C(N)=S. The maximum Gasteiger partial charge on any atom is 0.232 e. The van der Waals surface area contributed by atoms with Gasteiger partial charge >= 0.3 is 0 Å². The standard InChI is InChI=1S/C9H14N4O2S/c1-9(2,7(10)16)8(14)11-4-3-6-12-5-15-13-6/h5H,3-4H2,1-2H3,(H2,10,16)(H,11,14). The highest BCUT2D eigenvalue weighted by atomic mass is 32.1. The van der Waals surface area contributed by atoms with Crippen molar-refractivity contribution in [1.82, 2.24) is 15.5 Å². The molecule has 0 spiro atoms. The topological polar surface area (TPSA) is 94.0 Å². The average molecular weight is 242 g/mol. The molecule has 7 heteroatoms. The Bertz CT molecular complexity index is 375. The van der Waals surface area contributed by atoms with E-state index in [1.807, 2.05) is 0 Å². The predicted molar refractivity (Wildman–Crippen MR) is 61.6 cm³/mol. The molecule has 1 heterocycles. The maximum atomic E-state index is 11.7. The molecule has 16 heavy (non-hydrogen) atoms. The molecule has 0 unspecified atom stereocenters. The van der Waals surface area contributed by atoms with Crippen molar-refractivity contribution in [3.8, 4) is 0 Å². The first kappa shape index (κ1) is 12.6. The molecule has 88 valence electrons. The van der Waals surface area contributed by atoms with Crippen molar-refractivity contribution in [1.29, 1.82) is 0 Å². The lowest BCUT2D eigenvalue weighted by Crippen LogP contribution is -2.45. The van der Waals surface area contributed by atoms with Crippen LogP contribution in [0.2, 0.25) is 0 Å². The fourth-order valence-corrected chi connectivity index (χ4v) is 1.02. The fourth-order valence-electron chi connectivity index (χ4n) is 0.923. The van der Waals surface area contributed by atoms with Crippen LogP contribution < -0.4 is 11.1 Å². The monoisotopic (exact) mass is 242 g/mol. The van der Waals surface area contributed by atoms with Gasteiger partial charge in [-0.2, -0.15) is 4.98 Å². The Morgan fingerprint density at radius 3 is 2.88 bits per heavy atom. The molecule has 0 fully saturated rings. The van der Waals surface area contributed by atoms with Gasteiger partial charge < -0.3 is 15.6 Å². The van der Waals surface area contributed by atoms with Crippen molar-refractivity contribution in [2.45, 2.75) is 20.3 Å². The van der Waals surface area contributed by atoms with E-state index in [0.717, 1.165) is 0 Å². The third kappa shape index (κ3) is 2.99. The highest BCUT2D eigenvalue weighted by Gasteiger charge is 2.30. The minimum absolute atomic E-state index is 0.171. The van der Waals surface area contributed by atoms with Gasteiger partial charge in [0.15, 0.2) is 5.82 Å². The van der Waals surface area contributed by atoms with Gasteiger partial charge in [-0.05, 0) is 13.8 Å². The Hall–Kier alpha value is -1.50. The number of carbonyl (C=O) groups excluding carboxylic acids is 1. The number of aromatic nitrogens is 2. The van der Waals surface area contributed by atoms with E-state index in [1.165, 1.54) is 6.39 Å². The molecular formula is C9H14N4O2S. The summed E-state index contributed by atoms with van der Waals surface area (Å²) in [5.74, 6) is 0.344. The van der Waals surface area contributed by atoms with Gasteiger partial charge in [0.2, 0.25) is 12.3 Å². The molecule has 0 saturated carbocycles. The van der Waals surface area contributed by atoms with Crippen molar-refractivity contribution >= 4 is 23.1 Å². The van der Waals surface area contributed by atoms with E-state index in [2.05, 4.69) is 20.0 Å². The Balaban J connectivity index is 2.39. The molecule has 0 bridgehead atoms. The first-order valence-corrected chi connectivity index (χ1v) is 5.19. The van der Waals surface area contributed by atoms with Crippen molar-refractivity contribution in [3.63, 3.8) is 0 Å². The summed E-state index contributed by atoms with van der Waals surface area (Å²) in [4.78, 5) is 15.7. The Morgan fingerprint density at radius 2 is 2.38 bits per heavy atom. The third-order valence-electron chi connectivity index (χ3n) is 2.22. The van der Waals surface area contributed by atoms with Crippen molar-refractivity contribution in [2.24, 2.45) is 11.1 Å². The van der Waals surface area contributed by atoms with Gasteiger partial charge in [-0.1, -0.05) is 17.4 Å². The summed E-state index contributed by atoms with van der Waals surface area (Å²) in [7, 11) is 0. The molecular weight excluding hydrogens is 228 g/mol. The van der Waals surface area contributed by atoms with Crippen LogP contribution in [0.25, 0.3) is 0 Å². The van der Waals surface area contributed by atoms with Crippen LogP contribution in [-0.2, 0) is 11.2 Å². The van der Waals surface area contributed by atoms with Gasteiger partial charge in [0.25, 0.3) is 0 Å². The number of rotatable bonds is 5. The van der Waals surface area contributed by atoms with E-state index in [9.17, 15) is 4.79 Å². The predicted octanol–water partition coefficient (Wildman–Crippen LogP) is 0.0406. The molecule has 0 aromatic carbocycles. The van der Waals surface area contributed by atoms with Crippen LogP contribution in [-0.4, -0.2) is 27.6 Å². The van der Waals surface area contributed by atoms with E-state index in [4.69, 9.17) is 18.0 Å². The molecule has 0 saturated heterocycles. The van der Waals surface area contributed by atoms with Gasteiger partial charge in [-0.3, -0.25) is 4.79 Å². The molecule has 1 rings (SSSR count). The zero-order chi connectivity index (χ0) is 12.2. The number of nitrogens with zero attached hydrogens (tertiary/aromatic N) is 2. The van der Waals surface area contributed by atoms with Crippen LogP contribution in [0.15, 0.2) is 10.9 Å². The third-order valence-corrected chi connectivity index (χ3v) is 2.74. The summed E-state index contributed by atoms with van der Waals surface area (Å²) in [5.41, 5.74) is 4.63. The largest absolute Gasteiger partial charge is 0.392 e. The van der Waals surface area contributed by atoms with Gasteiger partial charge in [0, 0.05) is 13.0 Å². The second kappa shape index (κ2) is 5.02. The maximum absolute atomic E-state index is 11.7. The Morgan fingerprint density at radius 1 is 1.69 bits per heavy atom. The summed E-state index contributed by atoms with van der Waals surface area (Å²) < 4.78 is 4.56. The van der Waals surface area contributed by atoms with Crippen molar-refractivity contribution in [3.05, 3.63) is 12.2 Å². The second-order valence-electron chi connectivity index (χ2n) is 3.84. The van der Waals surface area contributed by atoms with E-state index >= 15 is 0 Å². The van der Waals surface area contributed by atoms with Crippen LogP contribution in [0.3, 0.4) is 0 Å². The fraction of sp³-hybridized carbons (Fsp3) is 0.556. The zero-order valence-electron chi connectivity index (χ0n) is 9.19. The zero-order valence-corrected chi connectivity index (χ0v) is 10.0. The van der Waals surface area contributed by atoms with Crippen LogP contribution in [0.1, 0.15) is 19.7 Å².